The number of anilines is 6. The molecule has 0 bridgehead atoms. The molecule has 1 aromatic heterocycles. The number of fused-ring (bicyclic) bond motifs is 5. The lowest BCUT2D eigenvalue weighted by Crippen LogP contribution is -2.20. The molecule has 0 atom stereocenters. The van der Waals surface area contributed by atoms with Crippen LogP contribution in [0.15, 0.2) is 229 Å². The Bertz CT molecular complexity index is 3260. The summed E-state index contributed by atoms with van der Waals surface area (Å²) in [7, 11) is 0. The first-order chi connectivity index (χ1) is 30.9. The van der Waals surface area contributed by atoms with E-state index in [1.165, 1.54) is 33.4 Å². The van der Waals surface area contributed by atoms with E-state index in [4.69, 9.17) is 4.42 Å². The van der Waals surface area contributed by atoms with Crippen molar-refractivity contribution in [2.75, 3.05) is 9.80 Å². The quantitative estimate of drug-likeness (QED) is 0.160. The molecule has 2 heterocycles. The van der Waals surface area contributed by atoms with Gasteiger partial charge in [-0.2, -0.15) is 0 Å². The summed E-state index contributed by atoms with van der Waals surface area (Å²) >= 11 is 0. The number of furan rings is 1. The van der Waals surface area contributed by atoms with Crippen LogP contribution in [0, 0.1) is 0 Å². The highest BCUT2D eigenvalue weighted by atomic mass is 16.3. The molecule has 0 aliphatic carbocycles. The third-order valence-corrected chi connectivity index (χ3v) is 12.4. The van der Waals surface area contributed by atoms with E-state index < -0.39 is 0 Å². The Morgan fingerprint density at radius 1 is 0.444 bits per heavy atom. The van der Waals surface area contributed by atoms with Crippen molar-refractivity contribution in [3.63, 3.8) is 0 Å². The minimum atomic E-state index is -0.0482. The van der Waals surface area contributed by atoms with Crippen LogP contribution in [0.1, 0.15) is 48.6 Å². The lowest BCUT2D eigenvalue weighted by Gasteiger charge is -2.37. The maximum atomic E-state index is 6.58. The van der Waals surface area contributed by atoms with Gasteiger partial charge in [-0.25, -0.2) is 0 Å². The van der Waals surface area contributed by atoms with Gasteiger partial charge in [-0.15, -0.1) is 0 Å². The molecule has 0 radical (unpaired) electrons. The van der Waals surface area contributed by atoms with Gasteiger partial charge in [0.2, 0.25) is 0 Å². The molecule has 63 heavy (non-hydrogen) atoms. The molecule has 1 aliphatic rings. The lowest BCUT2D eigenvalue weighted by atomic mass is 9.81. The standard InChI is InChI=1S/C60H46N2O/c1-60(2,3)44-32-37-54(52(38-44)41-20-8-4-9-21-41)61(47-33-35-49-48-28-17-19-31-56(48)63-57(49)40-47)46-34-36-51-55(39-46)62(45-26-14-7-15-27-45)53-30-18-16-29-50(53)59(51)58(42-22-10-5-11-23-42)43-24-12-6-13-25-43/h4-40H,1-3H3. The Labute approximate surface area is 369 Å². The first-order valence-corrected chi connectivity index (χ1v) is 21.8. The van der Waals surface area contributed by atoms with Crippen LogP contribution < -0.4 is 9.80 Å². The Kier molecular flexibility index (Phi) is 9.39. The van der Waals surface area contributed by atoms with E-state index >= 15 is 0 Å². The molecule has 0 unspecified atom stereocenters. The SMILES string of the molecule is CC(C)(C)c1ccc(N(c2ccc3c(c2)N(c2ccccc2)c2ccccc2C3=C(c2ccccc2)c2ccccc2)c2ccc3c(c2)oc2ccccc23)c(-c2ccccc2)c1. The largest absolute Gasteiger partial charge is 0.456 e. The molecular formula is C60H46N2O. The van der Waals surface area contributed by atoms with Crippen LogP contribution in [0.3, 0.4) is 0 Å². The number of hydrogen-bond acceptors (Lipinski definition) is 3. The van der Waals surface area contributed by atoms with E-state index in [0.29, 0.717) is 0 Å². The molecule has 10 aromatic rings. The number of hydrogen-bond donors (Lipinski definition) is 0. The summed E-state index contributed by atoms with van der Waals surface area (Å²) < 4.78 is 6.58. The Morgan fingerprint density at radius 2 is 1.02 bits per heavy atom. The zero-order valence-corrected chi connectivity index (χ0v) is 35.7. The molecule has 0 amide bonds. The Morgan fingerprint density at radius 3 is 1.73 bits per heavy atom. The maximum Gasteiger partial charge on any atom is 0.137 e. The Hall–Kier alpha value is -7.88. The number of nitrogens with zero attached hydrogens (tertiary/aromatic N) is 2. The number of rotatable bonds is 7. The lowest BCUT2D eigenvalue weighted by molar-refractivity contribution is 0.590. The van der Waals surface area contributed by atoms with E-state index in [-0.39, 0.29) is 5.41 Å². The van der Waals surface area contributed by atoms with Gasteiger partial charge in [0, 0.05) is 56.2 Å². The first kappa shape index (κ1) is 38.1. The fourth-order valence-electron chi connectivity index (χ4n) is 9.33. The van der Waals surface area contributed by atoms with Gasteiger partial charge < -0.3 is 14.2 Å². The van der Waals surface area contributed by atoms with E-state index in [2.05, 4.69) is 249 Å². The minimum Gasteiger partial charge on any atom is -0.456 e. The van der Waals surface area contributed by atoms with Gasteiger partial charge in [0.25, 0.3) is 0 Å². The van der Waals surface area contributed by atoms with Crippen molar-refractivity contribution in [3.8, 4) is 11.1 Å². The van der Waals surface area contributed by atoms with Crippen LogP contribution in [0.2, 0.25) is 0 Å². The van der Waals surface area contributed by atoms with E-state index in [9.17, 15) is 0 Å². The molecule has 9 aromatic carbocycles. The smallest absolute Gasteiger partial charge is 0.137 e. The van der Waals surface area contributed by atoms with Gasteiger partial charge >= 0.3 is 0 Å². The Balaban J connectivity index is 1.23. The van der Waals surface area contributed by atoms with Gasteiger partial charge in [0.1, 0.15) is 11.2 Å². The molecule has 302 valence electrons. The van der Waals surface area contributed by atoms with Crippen molar-refractivity contribution in [1.82, 2.24) is 0 Å². The molecule has 3 nitrogen and oxygen atoms in total. The highest BCUT2D eigenvalue weighted by Gasteiger charge is 2.32. The van der Waals surface area contributed by atoms with Gasteiger partial charge in [0.05, 0.1) is 17.1 Å². The van der Waals surface area contributed by atoms with Crippen molar-refractivity contribution in [1.29, 1.82) is 0 Å². The minimum absolute atomic E-state index is 0.0482. The van der Waals surface area contributed by atoms with E-state index in [1.807, 2.05) is 6.07 Å². The fraction of sp³-hybridized carbons (Fsp3) is 0.0667. The molecule has 11 rings (SSSR count). The zero-order valence-electron chi connectivity index (χ0n) is 35.7. The van der Waals surface area contributed by atoms with Gasteiger partial charge in [0.15, 0.2) is 0 Å². The fourth-order valence-corrected chi connectivity index (χ4v) is 9.33. The highest BCUT2D eigenvalue weighted by molar-refractivity contribution is 6.13. The third-order valence-electron chi connectivity index (χ3n) is 12.4. The van der Waals surface area contributed by atoms with Crippen molar-refractivity contribution < 1.29 is 4.42 Å². The van der Waals surface area contributed by atoms with Crippen LogP contribution in [0.4, 0.5) is 34.1 Å². The predicted molar refractivity (Wildman–Crippen MR) is 265 cm³/mol. The summed E-state index contributed by atoms with van der Waals surface area (Å²) in [6.45, 7) is 6.86. The average Bonchev–Trinajstić information content (AvgIpc) is 3.70. The van der Waals surface area contributed by atoms with Crippen molar-refractivity contribution in [2.45, 2.75) is 26.2 Å². The van der Waals surface area contributed by atoms with Crippen LogP contribution in [0.5, 0.6) is 0 Å². The maximum absolute atomic E-state index is 6.58. The van der Waals surface area contributed by atoms with Crippen molar-refractivity contribution >= 4 is 67.2 Å². The summed E-state index contributed by atoms with van der Waals surface area (Å²) in [5, 5.41) is 2.21. The summed E-state index contributed by atoms with van der Waals surface area (Å²) in [4.78, 5) is 4.86. The van der Waals surface area contributed by atoms with Crippen LogP contribution in [-0.4, -0.2) is 0 Å². The molecule has 0 N–H and O–H groups in total. The second-order valence-electron chi connectivity index (χ2n) is 17.3. The second-order valence-corrected chi connectivity index (χ2v) is 17.3. The van der Waals surface area contributed by atoms with Gasteiger partial charge in [-0.1, -0.05) is 178 Å². The average molecular weight is 811 g/mol. The summed E-state index contributed by atoms with van der Waals surface area (Å²) in [5.74, 6) is 0. The number of para-hydroxylation sites is 3. The van der Waals surface area contributed by atoms with Crippen molar-refractivity contribution in [3.05, 3.63) is 252 Å². The van der Waals surface area contributed by atoms with Crippen molar-refractivity contribution in [2.24, 2.45) is 0 Å². The summed E-state index contributed by atoms with van der Waals surface area (Å²) in [6, 6.07) is 81.1. The topological polar surface area (TPSA) is 19.6 Å². The molecule has 0 spiro atoms. The molecule has 0 saturated carbocycles. The molecular weight excluding hydrogens is 765 g/mol. The summed E-state index contributed by atoms with van der Waals surface area (Å²) in [6.07, 6.45) is 0. The van der Waals surface area contributed by atoms with Gasteiger partial charge in [-0.3, -0.25) is 0 Å². The van der Waals surface area contributed by atoms with E-state index in [1.54, 1.807) is 0 Å². The zero-order chi connectivity index (χ0) is 42.5. The van der Waals surface area contributed by atoms with E-state index in [0.717, 1.165) is 72.8 Å². The first-order valence-electron chi connectivity index (χ1n) is 21.8. The molecule has 3 heteroatoms. The molecule has 0 saturated heterocycles. The summed E-state index contributed by atoms with van der Waals surface area (Å²) in [5.41, 5.74) is 18.8. The van der Waals surface area contributed by atoms with Crippen LogP contribution >= 0.6 is 0 Å². The molecule has 0 fully saturated rings. The van der Waals surface area contributed by atoms with Gasteiger partial charge in [-0.05, 0) is 93.9 Å². The second kappa shape index (κ2) is 15.5. The van der Waals surface area contributed by atoms with Crippen LogP contribution in [-0.2, 0) is 5.41 Å². The number of benzene rings is 9. The monoisotopic (exact) mass is 810 g/mol. The van der Waals surface area contributed by atoms with Crippen LogP contribution in [0.25, 0.3) is 44.2 Å². The third kappa shape index (κ3) is 6.79. The highest BCUT2D eigenvalue weighted by Crippen LogP contribution is 2.54. The molecule has 1 aliphatic heterocycles. The normalized spacial score (nSPS) is 12.3. The predicted octanol–water partition coefficient (Wildman–Crippen LogP) is 16.8.